The highest BCUT2D eigenvalue weighted by molar-refractivity contribution is 6.32. The second-order valence-electron chi connectivity index (χ2n) is 6.20. The number of nitrogens with one attached hydrogen (secondary N) is 1. The number of ether oxygens (including phenoxy) is 1. The second-order valence-corrected chi connectivity index (χ2v) is 6.60. The fraction of sp³-hybridized carbons (Fsp3) is 0.0952. The lowest BCUT2D eigenvalue weighted by molar-refractivity contribution is -0.0497. The van der Waals surface area contributed by atoms with Crippen molar-refractivity contribution in [3.8, 4) is 5.75 Å². The number of alkyl halides is 2. The first-order valence-corrected chi connectivity index (χ1v) is 8.78. The predicted molar refractivity (Wildman–Crippen MR) is 104 cm³/mol. The third kappa shape index (κ3) is 3.27. The molecule has 0 spiro atoms. The number of carbonyl (C=O) groups excluding carboxylic acids is 1. The first-order chi connectivity index (χ1) is 13.4. The molecule has 0 saturated carbocycles. The molecule has 0 aliphatic rings. The number of anilines is 1. The average Bonchev–Trinajstić information content (AvgIpc) is 3.01. The molecule has 0 aliphatic carbocycles. The standard InChI is InChI=1S/C21H14ClF2NO3/c1-11-14-8-6-12-4-2-3-5-15(12)19(14)28-18(11)20(26)25-13-7-9-17(16(22)10-13)27-21(23)24/h2-10,21H,1H3,(H,25,26). The van der Waals surface area contributed by atoms with Crippen molar-refractivity contribution in [2.24, 2.45) is 0 Å². The Hall–Kier alpha value is -3.12. The number of furan rings is 1. The summed E-state index contributed by atoms with van der Waals surface area (Å²) in [6, 6.07) is 15.7. The number of carbonyl (C=O) groups is 1. The van der Waals surface area contributed by atoms with E-state index in [0.29, 0.717) is 16.8 Å². The van der Waals surface area contributed by atoms with E-state index in [1.54, 1.807) is 0 Å². The van der Waals surface area contributed by atoms with Gasteiger partial charge in [0, 0.05) is 22.0 Å². The summed E-state index contributed by atoms with van der Waals surface area (Å²) in [5.41, 5.74) is 1.68. The number of benzene rings is 3. The summed E-state index contributed by atoms with van der Waals surface area (Å²) in [4.78, 5) is 12.7. The van der Waals surface area contributed by atoms with Crippen LogP contribution in [0.5, 0.6) is 5.75 Å². The van der Waals surface area contributed by atoms with Crippen molar-refractivity contribution >= 4 is 44.9 Å². The second kappa shape index (κ2) is 7.13. The van der Waals surface area contributed by atoms with Crippen LogP contribution in [-0.2, 0) is 0 Å². The molecule has 3 aromatic carbocycles. The van der Waals surface area contributed by atoms with Crippen LogP contribution in [0, 0.1) is 6.92 Å². The molecule has 0 unspecified atom stereocenters. The molecular weight excluding hydrogens is 388 g/mol. The fourth-order valence-corrected chi connectivity index (χ4v) is 3.35. The maximum Gasteiger partial charge on any atom is 0.387 e. The van der Waals surface area contributed by atoms with E-state index >= 15 is 0 Å². The van der Waals surface area contributed by atoms with Crippen LogP contribution in [0.15, 0.2) is 59.0 Å². The molecule has 1 N–H and O–H groups in total. The molecule has 0 aliphatic heterocycles. The minimum Gasteiger partial charge on any atom is -0.450 e. The minimum atomic E-state index is -2.98. The van der Waals surface area contributed by atoms with E-state index in [-0.39, 0.29) is 16.5 Å². The van der Waals surface area contributed by atoms with Gasteiger partial charge >= 0.3 is 6.61 Å². The van der Waals surface area contributed by atoms with E-state index in [0.717, 1.165) is 16.2 Å². The van der Waals surface area contributed by atoms with E-state index < -0.39 is 12.5 Å². The van der Waals surface area contributed by atoms with Crippen molar-refractivity contribution in [3.05, 3.63) is 70.9 Å². The maximum atomic E-state index is 12.7. The van der Waals surface area contributed by atoms with Gasteiger partial charge in [-0.1, -0.05) is 48.0 Å². The van der Waals surface area contributed by atoms with Crippen LogP contribution in [-0.4, -0.2) is 12.5 Å². The molecule has 4 aromatic rings. The van der Waals surface area contributed by atoms with Gasteiger partial charge in [0.25, 0.3) is 5.91 Å². The molecule has 0 saturated heterocycles. The predicted octanol–water partition coefficient (Wildman–Crippen LogP) is 6.40. The molecule has 4 rings (SSSR count). The molecule has 0 atom stereocenters. The quantitative estimate of drug-likeness (QED) is 0.430. The number of amides is 1. The molecular formula is C21H14ClF2NO3. The molecule has 28 heavy (non-hydrogen) atoms. The van der Waals surface area contributed by atoms with Crippen LogP contribution in [0.3, 0.4) is 0 Å². The van der Waals surface area contributed by atoms with E-state index in [1.165, 1.54) is 18.2 Å². The van der Waals surface area contributed by atoms with Gasteiger partial charge in [0.15, 0.2) is 5.76 Å². The first-order valence-electron chi connectivity index (χ1n) is 8.40. The Morgan fingerprint density at radius 3 is 2.64 bits per heavy atom. The Morgan fingerprint density at radius 2 is 1.89 bits per heavy atom. The zero-order valence-electron chi connectivity index (χ0n) is 14.6. The maximum absolute atomic E-state index is 12.7. The summed E-state index contributed by atoms with van der Waals surface area (Å²) in [6.45, 7) is -1.17. The molecule has 0 bridgehead atoms. The largest absolute Gasteiger partial charge is 0.450 e. The first kappa shape index (κ1) is 18.3. The van der Waals surface area contributed by atoms with Gasteiger partial charge in [0.05, 0.1) is 5.02 Å². The molecule has 7 heteroatoms. The summed E-state index contributed by atoms with van der Waals surface area (Å²) >= 11 is 5.93. The van der Waals surface area contributed by atoms with E-state index in [9.17, 15) is 13.6 Å². The molecule has 1 aromatic heterocycles. The SMILES string of the molecule is Cc1c(C(=O)Nc2ccc(OC(F)F)c(Cl)c2)oc2c1ccc1ccccc12. The molecule has 1 heterocycles. The molecule has 142 valence electrons. The summed E-state index contributed by atoms with van der Waals surface area (Å²) in [7, 11) is 0. The smallest absolute Gasteiger partial charge is 0.387 e. The van der Waals surface area contributed by atoms with Gasteiger partial charge < -0.3 is 14.5 Å². The van der Waals surface area contributed by atoms with E-state index in [1.807, 2.05) is 43.3 Å². The molecule has 0 radical (unpaired) electrons. The highest BCUT2D eigenvalue weighted by Crippen LogP contribution is 2.33. The van der Waals surface area contributed by atoms with Gasteiger partial charge in [0.2, 0.25) is 0 Å². The zero-order valence-corrected chi connectivity index (χ0v) is 15.4. The van der Waals surface area contributed by atoms with Crippen molar-refractivity contribution in [1.29, 1.82) is 0 Å². The Bertz CT molecular complexity index is 1200. The lowest BCUT2D eigenvalue weighted by atomic mass is 10.1. The van der Waals surface area contributed by atoms with Crippen LogP contribution in [0.1, 0.15) is 16.1 Å². The number of hydrogen-bond donors (Lipinski definition) is 1. The summed E-state index contributed by atoms with van der Waals surface area (Å²) < 4.78 is 34.8. The van der Waals surface area contributed by atoms with E-state index in [4.69, 9.17) is 16.0 Å². The number of fused-ring (bicyclic) bond motifs is 3. The average molecular weight is 402 g/mol. The number of halogens is 3. The van der Waals surface area contributed by atoms with Gasteiger partial charge in [-0.15, -0.1) is 0 Å². The van der Waals surface area contributed by atoms with Crippen molar-refractivity contribution < 1.29 is 22.7 Å². The number of hydrogen-bond acceptors (Lipinski definition) is 3. The summed E-state index contributed by atoms with van der Waals surface area (Å²) in [5.74, 6) is -0.451. The van der Waals surface area contributed by atoms with Crippen molar-refractivity contribution in [2.45, 2.75) is 13.5 Å². The normalized spacial score (nSPS) is 11.3. The van der Waals surface area contributed by atoms with Crippen molar-refractivity contribution in [2.75, 3.05) is 5.32 Å². The van der Waals surface area contributed by atoms with Crippen molar-refractivity contribution in [3.63, 3.8) is 0 Å². The minimum absolute atomic E-state index is 0.0366. The van der Waals surface area contributed by atoms with E-state index in [2.05, 4.69) is 10.1 Å². The Morgan fingerprint density at radius 1 is 1.11 bits per heavy atom. The monoisotopic (exact) mass is 401 g/mol. The third-order valence-electron chi connectivity index (χ3n) is 4.44. The van der Waals surface area contributed by atoms with Gasteiger partial charge in [-0.2, -0.15) is 8.78 Å². The van der Waals surface area contributed by atoms with Crippen LogP contribution in [0.4, 0.5) is 14.5 Å². The topological polar surface area (TPSA) is 51.5 Å². The number of aryl methyl sites for hydroxylation is 1. The highest BCUT2D eigenvalue weighted by Gasteiger charge is 2.19. The Kier molecular flexibility index (Phi) is 4.65. The van der Waals surface area contributed by atoms with Gasteiger partial charge in [-0.25, -0.2) is 0 Å². The molecule has 1 amide bonds. The lowest BCUT2D eigenvalue weighted by Gasteiger charge is -2.09. The molecule has 4 nitrogen and oxygen atoms in total. The highest BCUT2D eigenvalue weighted by atomic mass is 35.5. The Labute approximate surface area is 163 Å². The van der Waals surface area contributed by atoms with Gasteiger partial charge in [-0.05, 0) is 30.5 Å². The molecule has 0 fully saturated rings. The fourth-order valence-electron chi connectivity index (χ4n) is 3.12. The van der Waals surface area contributed by atoms with Crippen LogP contribution >= 0.6 is 11.6 Å². The number of rotatable bonds is 4. The van der Waals surface area contributed by atoms with Crippen LogP contribution in [0.25, 0.3) is 21.7 Å². The van der Waals surface area contributed by atoms with Crippen molar-refractivity contribution in [1.82, 2.24) is 0 Å². The lowest BCUT2D eigenvalue weighted by Crippen LogP contribution is -2.12. The van der Waals surface area contributed by atoms with Gasteiger partial charge in [-0.3, -0.25) is 4.79 Å². The summed E-state index contributed by atoms with van der Waals surface area (Å²) in [5, 5.41) is 5.41. The van der Waals surface area contributed by atoms with Crippen LogP contribution < -0.4 is 10.1 Å². The van der Waals surface area contributed by atoms with Crippen LogP contribution in [0.2, 0.25) is 5.02 Å². The van der Waals surface area contributed by atoms with Gasteiger partial charge in [0.1, 0.15) is 11.3 Å². The zero-order chi connectivity index (χ0) is 19.8. The third-order valence-corrected chi connectivity index (χ3v) is 4.74. The Balaban J connectivity index is 1.67. The summed E-state index contributed by atoms with van der Waals surface area (Å²) in [6.07, 6.45) is 0.